The minimum absolute atomic E-state index is 0.305. The number of rotatable bonds is 2. The van der Waals surface area contributed by atoms with Crippen LogP contribution in [0, 0.1) is 0 Å². The van der Waals surface area contributed by atoms with Crippen LogP contribution in [0.5, 0.6) is 5.75 Å². The number of hydrogen-bond acceptors (Lipinski definition) is 2. The van der Waals surface area contributed by atoms with Gasteiger partial charge < -0.3 is 10.4 Å². The zero-order valence-corrected chi connectivity index (χ0v) is 10.6. The lowest BCUT2D eigenvalue weighted by atomic mass is 10.1. The van der Waals surface area contributed by atoms with Crippen LogP contribution in [0.1, 0.15) is 23.6 Å². The van der Waals surface area contributed by atoms with Crippen molar-refractivity contribution in [3.8, 4) is 5.75 Å². The van der Waals surface area contributed by atoms with Crippen molar-refractivity contribution in [2.75, 3.05) is 5.32 Å². The molecule has 2 aromatic carbocycles. The fourth-order valence-corrected chi connectivity index (χ4v) is 2.72. The number of hydrogen-bond donors (Lipinski definition) is 2. The van der Waals surface area contributed by atoms with Crippen LogP contribution in [0.4, 0.5) is 5.69 Å². The second kappa shape index (κ2) is 4.54. The van der Waals surface area contributed by atoms with E-state index in [2.05, 4.69) is 5.32 Å². The predicted molar refractivity (Wildman–Crippen MR) is 74.2 cm³/mol. The zero-order valence-electron chi connectivity index (χ0n) is 9.86. The van der Waals surface area contributed by atoms with E-state index in [9.17, 15) is 5.11 Å². The monoisotopic (exact) mass is 259 g/mol. The highest BCUT2D eigenvalue weighted by Gasteiger charge is 2.22. The zero-order chi connectivity index (χ0) is 12.5. The van der Waals surface area contributed by atoms with Crippen LogP contribution in [0.3, 0.4) is 0 Å². The van der Waals surface area contributed by atoms with Crippen molar-refractivity contribution >= 4 is 17.3 Å². The van der Waals surface area contributed by atoms with Gasteiger partial charge in [0.2, 0.25) is 0 Å². The fourth-order valence-electron chi connectivity index (χ4n) is 2.53. The molecule has 1 aliphatic rings. The molecule has 92 valence electrons. The second-order valence-electron chi connectivity index (χ2n) is 4.63. The third-order valence-electron chi connectivity index (χ3n) is 3.37. The second-order valence-corrected chi connectivity index (χ2v) is 5.07. The van der Waals surface area contributed by atoms with E-state index in [1.54, 1.807) is 6.07 Å². The summed E-state index contributed by atoms with van der Waals surface area (Å²) < 4.78 is 0. The largest absolute Gasteiger partial charge is 0.508 e. The summed E-state index contributed by atoms with van der Waals surface area (Å²) >= 11 is 5.98. The van der Waals surface area contributed by atoms with Gasteiger partial charge >= 0.3 is 0 Å². The lowest BCUT2D eigenvalue weighted by molar-refractivity contribution is 0.474. The summed E-state index contributed by atoms with van der Waals surface area (Å²) in [6.45, 7) is 0. The van der Waals surface area contributed by atoms with Gasteiger partial charge in [-0.2, -0.15) is 0 Å². The molecule has 0 heterocycles. The van der Waals surface area contributed by atoms with E-state index in [1.165, 1.54) is 11.1 Å². The molecule has 0 aliphatic heterocycles. The molecule has 1 unspecified atom stereocenters. The maximum Gasteiger partial charge on any atom is 0.115 e. The SMILES string of the molecule is Oc1ccc2c(c1)CCC2Nc1cccc(Cl)c1. The Morgan fingerprint density at radius 1 is 1.17 bits per heavy atom. The molecule has 0 aromatic heterocycles. The van der Waals surface area contributed by atoms with Gasteiger partial charge in [0.15, 0.2) is 0 Å². The van der Waals surface area contributed by atoms with Gasteiger partial charge in [-0.3, -0.25) is 0 Å². The predicted octanol–water partition coefficient (Wildman–Crippen LogP) is 4.15. The molecule has 0 amide bonds. The number of nitrogens with one attached hydrogen (secondary N) is 1. The van der Waals surface area contributed by atoms with Crippen LogP contribution in [0.2, 0.25) is 5.02 Å². The average molecular weight is 260 g/mol. The van der Waals surface area contributed by atoms with Crippen LogP contribution in [0.15, 0.2) is 42.5 Å². The summed E-state index contributed by atoms with van der Waals surface area (Å²) in [5.74, 6) is 0.345. The molecular weight excluding hydrogens is 246 g/mol. The Labute approximate surface area is 111 Å². The van der Waals surface area contributed by atoms with Gasteiger partial charge in [0.1, 0.15) is 5.75 Å². The molecule has 2 nitrogen and oxygen atoms in total. The van der Waals surface area contributed by atoms with Crippen molar-refractivity contribution < 1.29 is 5.11 Å². The molecular formula is C15H14ClNO. The summed E-state index contributed by atoms with van der Waals surface area (Å²) in [6, 6.07) is 13.7. The minimum atomic E-state index is 0.305. The average Bonchev–Trinajstić information content (AvgIpc) is 2.72. The van der Waals surface area contributed by atoms with Gasteiger partial charge in [-0.05, 0) is 54.3 Å². The first-order valence-electron chi connectivity index (χ1n) is 6.06. The van der Waals surface area contributed by atoms with E-state index in [0.717, 1.165) is 23.6 Å². The topological polar surface area (TPSA) is 32.3 Å². The Kier molecular flexibility index (Phi) is 2.88. The minimum Gasteiger partial charge on any atom is -0.508 e. The number of phenolic OH excluding ortho intramolecular Hbond substituents is 1. The molecule has 0 bridgehead atoms. The molecule has 0 fully saturated rings. The van der Waals surface area contributed by atoms with Gasteiger partial charge in [-0.15, -0.1) is 0 Å². The molecule has 18 heavy (non-hydrogen) atoms. The molecule has 0 saturated heterocycles. The first-order valence-corrected chi connectivity index (χ1v) is 6.44. The van der Waals surface area contributed by atoms with E-state index in [0.29, 0.717) is 11.8 Å². The van der Waals surface area contributed by atoms with Crippen molar-refractivity contribution in [2.24, 2.45) is 0 Å². The third kappa shape index (κ3) is 2.16. The van der Waals surface area contributed by atoms with E-state index >= 15 is 0 Å². The Morgan fingerprint density at radius 2 is 2.06 bits per heavy atom. The van der Waals surface area contributed by atoms with E-state index in [1.807, 2.05) is 36.4 Å². The van der Waals surface area contributed by atoms with Gasteiger partial charge in [0.05, 0.1) is 6.04 Å². The first-order chi connectivity index (χ1) is 8.72. The molecule has 0 radical (unpaired) electrons. The Morgan fingerprint density at radius 3 is 2.89 bits per heavy atom. The lowest BCUT2D eigenvalue weighted by Gasteiger charge is -2.15. The van der Waals surface area contributed by atoms with E-state index in [-0.39, 0.29) is 0 Å². The third-order valence-corrected chi connectivity index (χ3v) is 3.60. The van der Waals surface area contributed by atoms with Crippen molar-refractivity contribution in [3.05, 3.63) is 58.6 Å². The van der Waals surface area contributed by atoms with Gasteiger partial charge in [-0.1, -0.05) is 23.7 Å². The molecule has 2 N–H and O–H groups in total. The molecule has 1 atom stereocenters. The summed E-state index contributed by atoms with van der Waals surface area (Å²) in [5.41, 5.74) is 3.54. The number of halogens is 1. The number of phenols is 1. The molecule has 0 saturated carbocycles. The van der Waals surface area contributed by atoms with E-state index < -0.39 is 0 Å². The van der Waals surface area contributed by atoms with Crippen LogP contribution >= 0.6 is 11.6 Å². The molecule has 3 heteroatoms. The molecule has 2 aromatic rings. The Bertz CT molecular complexity index is 582. The van der Waals surface area contributed by atoms with Crippen molar-refractivity contribution in [2.45, 2.75) is 18.9 Å². The maximum absolute atomic E-state index is 9.47. The highest BCUT2D eigenvalue weighted by molar-refractivity contribution is 6.30. The highest BCUT2D eigenvalue weighted by atomic mass is 35.5. The maximum atomic E-state index is 9.47. The van der Waals surface area contributed by atoms with Crippen LogP contribution in [0.25, 0.3) is 0 Å². The fraction of sp³-hybridized carbons (Fsp3) is 0.200. The summed E-state index contributed by atoms with van der Waals surface area (Å²) in [4.78, 5) is 0. The molecule has 0 spiro atoms. The highest BCUT2D eigenvalue weighted by Crippen LogP contribution is 2.35. The number of aryl methyl sites for hydroxylation is 1. The van der Waals surface area contributed by atoms with Gasteiger partial charge in [-0.25, -0.2) is 0 Å². The smallest absolute Gasteiger partial charge is 0.115 e. The Hall–Kier alpha value is -1.67. The summed E-state index contributed by atoms with van der Waals surface area (Å²) in [5, 5.41) is 13.7. The van der Waals surface area contributed by atoms with Gasteiger partial charge in [0, 0.05) is 10.7 Å². The number of fused-ring (bicyclic) bond motifs is 1. The van der Waals surface area contributed by atoms with Crippen LogP contribution < -0.4 is 5.32 Å². The van der Waals surface area contributed by atoms with Crippen LogP contribution in [-0.2, 0) is 6.42 Å². The summed E-state index contributed by atoms with van der Waals surface area (Å²) in [6.07, 6.45) is 2.05. The van der Waals surface area contributed by atoms with E-state index in [4.69, 9.17) is 11.6 Å². The van der Waals surface area contributed by atoms with Crippen molar-refractivity contribution in [1.29, 1.82) is 0 Å². The van der Waals surface area contributed by atoms with Gasteiger partial charge in [0.25, 0.3) is 0 Å². The van der Waals surface area contributed by atoms with Crippen molar-refractivity contribution in [1.82, 2.24) is 0 Å². The van der Waals surface area contributed by atoms with Crippen LogP contribution in [-0.4, -0.2) is 5.11 Å². The quantitative estimate of drug-likeness (QED) is 0.849. The summed E-state index contributed by atoms with van der Waals surface area (Å²) in [7, 11) is 0. The first kappa shape index (κ1) is 11.4. The lowest BCUT2D eigenvalue weighted by Crippen LogP contribution is -2.06. The standard InChI is InChI=1S/C15H14ClNO/c16-11-2-1-3-12(9-11)17-15-7-4-10-8-13(18)5-6-14(10)15/h1-3,5-6,8-9,15,17-18H,4,7H2. The molecule has 1 aliphatic carbocycles. The number of anilines is 1. The Balaban J connectivity index is 1.85. The van der Waals surface area contributed by atoms with Crippen molar-refractivity contribution in [3.63, 3.8) is 0 Å². The molecule has 3 rings (SSSR count). The normalized spacial score (nSPS) is 17.5. The number of aromatic hydroxyl groups is 1. The number of benzene rings is 2.